The van der Waals surface area contributed by atoms with Gasteiger partial charge in [-0.05, 0) is 37.1 Å². The minimum absolute atomic E-state index is 0.110. The van der Waals surface area contributed by atoms with Crippen LogP contribution in [0.5, 0.6) is 5.75 Å². The third kappa shape index (κ3) is 2.06. The van der Waals surface area contributed by atoms with Gasteiger partial charge < -0.3 is 14.6 Å². The van der Waals surface area contributed by atoms with Gasteiger partial charge in [0.05, 0.1) is 12.7 Å². The van der Waals surface area contributed by atoms with Gasteiger partial charge in [-0.1, -0.05) is 18.2 Å². The van der Waals surface area contributed by atoms with Crippen molar-refractivity contribution < 1.29 is 4.74 Å². The van der Waals surface area contributed by atoms with E-state index in [1.165, 1.54) is 12.1 Å². The van der Waals surface area contributed by atoms with Crippen LogP contribution in [0, 0.1) is 5.92 Å². The molecule has 4 nitrogen and oxygen atoms in total. The Hall–Kier alpha value is -2.07. The number of benzene rings is 1. The SMILES string of the molecule is COc1ccccc1-c1ccc2n(c1=O)CC1CNCC2C1. The molecule has 0 amide bonds. The molecule has 1 aromatic carbocycles. The third-order valence-corrected chi connectivity index (χ3v) is 4.91. The zero-order chi connectivity index (χ0) is 15.1. The van der Waals surface area contributed by atoms with Crippen LogP contribution in [-0.2, 0) is 6.54 Å². The minimum atomic E-state index is 0.110. The Balaban J connectivity index is 1.87. The number of nitrogens with one attached hydrogen (secondary N) is 1. The summed E-state index contributed by atoms with van der Waals surface area (Å²) in [7, 11) is 1.64. The van der Waals surface area contributed by atoms with Gasteiger partial charge in [0.15, 0.2) is 0 Å². The third-order valence-electron chi connectivity index (χ3n) is 4.91. The van der Waals surface area contributed by atoms with Crippen LogP contribution in [0.15, 0.2) is 41.2 Å². The summed E-state index contributed by atoms with van der Waals surface area (Å²) in [6.07, 6.45) is 1.19. The Morgan fingerprint density at radius 1 is 1.14 bits per heavy atom. The molecule has 4 rings (SSSR count). The molecule has 3 heterocycles. The van der Waals surface area contributed by atoms with Gasteiger partial charge in [0.1, 0.15) is 5.75 Å². The molecular weight excluding hydrogens is 276 g/mol. The van der Waals surface area contributed by atoms with Crippen LogP contribution >= 0.6 is 0 Å². The molecular formula is C18H20N2O2. The van der Waals surface area contributed by atoms with Gasteiger partial charge in [-0.3, -0.25) is 4.79 Å². The first-order valence-corrected chi connectivity index (χ1v) is 7.85. The number of piperidine rings is 1. The second-order valence-corrected chi connectivity index (χ2v) is 6.24. The van der Waals surface area contributed by atoms with Crippen molar-refractivity contribution in [3.8, 4) is 16.9 Å². The lowest BCUT2D eigenvalue weighted by Gasteiger charge is -2.37. The summed E-state index contributed by atoms with van der Waals surface area (Å²) in [5.41, 5.74) is 2.89. The van der Waals surface area contributed by atoms with Crippen molar-refractivity contribution in [2.75, 3.05) is 20.2 Å². The van der Waals surface area contributed by atoms with Crippen LogP contribution < -0.4 is 15.6 Å². The number of para-hydroxylation sites is 1. The maximum Gasteiger partial charge on any atom is 0.258 e. The number of pyridine rings is 1. The fourth-order valence-corrected chi connectivity index (χ4v) is 3.86. The average molecular weight is 296 g/mol. The van der Waals surface area contributed by atoms with Crippen LogP contribution in [0.25, 0.3) is 11.1 Å². The molecule has 1 aromatic heterocycles. The van der Waals surface area contributed by atoms with E-state index in [-0.39, 0.29) is 5.56 Å². The van der Waals surface area contributed by atoms with Gasteiger partial charge in [-0.25, -0.2) is 0 Å². The predicted octanol–water partition coefficient (Wildman–Crippen LogP) is 2.23. The quantitative estimate of drug-likeness (QED) is 0.924. The molecule has 0 spiro atoms. The number of ether oxygens (including phenoxy) is 1. The molecule has 2 bridgehead atoms. The molecule has 114 valence electrons. The molecule has 2 aliphatic rings. The summed E-state index contributed by atoms with van der Waals surface area (Å²) in [5.74, 6) is 1.78. The molecule has 22 heavy (non-hydrogen) atoms. The fourth-order valence-electron chi connectivity index (χ4n) is 3.86. The largest absolute Gasteiger partial charge is 0.496 e. The number of methoxy groups -OCH3 is 1. The summed E-state index contributed by atoms with van der Waals surface area (Å²) in [6.45, 7) is 2.81. The van der Waals surface area contributed by atoms with Crippen LogP contribution in [0.2, 0.25) is 0 Å². The maximum absolute atomic E-state index is 13.0. The summed E-state index contributed by atoms with van der Waals surface area (Å²) in [6, 6.07) is 11.8. The minimum Gasteiger partial charge on any atom is -0.496 e. The van der Waals surface area contributed by atoms with E-state index in [1.807, 2.05) is 34.9 Å². The number of rotatable bonds is 2. The molecule has 2 atom stereocenters. The number of fused-ring (bicyclic) bond motifs is 4. The first-order chi connectivity index (χ1) is 10.8. The standard InChI is InChI=1S/C18H20N2O2/c1-22-17-5-3-2-4-14(17)15-6-7-16-13-8-12(9-19-10-13)11-20(16)18(15)21/h2-7,12-13,19H,8-11H2,1H3. The maximum atomic E-state index is 13.0. The van der Waals surface area contributed by atoms with Crippen molar-refractivity contribution in [2.45, 2.75) is 18.9 Å². The van der Waals surface area contributed by atoms with Crippen LogP contribution in [0.4, 0.5) is 0 Å². The highest BCUT2D eigenvalue weighted by molar-refractivity contribution is 5.69. The van der Waals surface area contributed by atoms with E-state index in [2.05, 4.69) is 11.4 Å². The zero-order valence-corrected chi connectivity index (χ0v) is 12.7. The van der Waals surface area contributed by atoms with Crippen molar-refractivity contribution in [2.24, 2.45) is 5.92 Å². The van der Waals surface area contributed by atoms with Crippen molar-refractivity contribution in [1.82, 2.24) is 9.88 Å². The molecule has 4 heteroatoms. The average Bonchev–Trinajstić information content (AvgIpc) is 2.56. The monoisotopic (exact) mass is 296 g/mol. The first-order valence-electron chi connectivity index (χ1n) is 7.85. The Morgan fingerprint density at radius 3 is 2.86 bits per heavy atom. The van der Waals surface area contributed by atoms with E-state index in [9.17, 15) is 4.79 Å². The Morgan fingerprint density at radius 2 is 2.00 bits per heavy atom. The van der Waals surface area contributed by atoms with E-state index in [4.69, 9.17) is 4.74 Å². The van der Waals surface area contributed by atoms with Gasteiger partial charge in [0.25, 0.3) is 5.56 Å². The topological polar surface area (TPSA) is 43.3 Å². The summed E-state index contributed by atoms with van der Waals surface area (Å²) >= 11 is 0. The highest BCUT2D eigenvalue weighted by atomic mass is 16.5. The highest BCUT2D eigenvalue weighted by Crippen LogP contribution is 2.34. The van der Waals surface area contributed by atoms with Gasteiger partial charge >= 0.3 is 0 Å². The molecule has 0 aliphatic carbocycles. The lowest BCUT2D eigenvalue weighted by molar-refractivity contribution is 0.257. The second kappa shape index (κ2) is 5.29. The Labute approximate surface area is 129 Å². The van der Waals surface area contributed by atoms with Crippen LogP contribution in [0.3, 0.4) is 0 Å². The van der Waals surface area contributed by atoms with Gasteiger partial charge in [0.2, 0.25) is 0 Å². The van der Waals surface area contributed by atoms with Crippen LogP contribution in [0.1, 0.15) is 18.0 Å². The lowest BCUT2D eigenvalue weighted by atomic mass is 9.84. The Bertz CT molecular complexity index is 766. The Kier molecular flexibility index (Phi) is 3.26. The zero-order valence-electron chi connectivity index (χ0n) is 12.7. The van der Waals surface area contributed by atoms with Crippen molar-refractivity contribution >= 4 is 0 Å². The molecule has 1 fully saturated rings. The molecule has 2 aromatic rings. The molecule has 1 N–H and O–H groups in total. The van der Waals surface area contributed by atoms with E-state index < -0.39 is 0 Å². The molecule has 0 saturated carbocycles. The predicted molar refractivity (Wildman–Crippen MR) is 86.4 cm³/mol. The van der Waals surface area contributed by atoms with E-state index in [1.54, 1.807) is 7.11 Å². The van der Waals surface area contributed by atoms with Gasteiger partial charge in [-0.2, -0.15) is 0 Å². The molecule has 0 radical (unpaired) electrons. The highest BCUT2D eigenvalue weighted by Gasteiger charge is 2.31. The number of hydrogen-bond acceptors (Lipinski definition) is 3. The van der Waals surface area contributed by atoms with E-state index in [0.717, 1.165) is 36.5 Å². The number of hydrogen-bond donors (Lipinski definition) is 1. The first kappa shape index (κ1) is 13.6. The van der Waals surface area contributed by atoms with Crippen LogP contribution in [-0.4, -0.2) is 24.8 Å². The van der Waals surface area contributed by atoms with Gasteiger partial charge in [0, 0.05) is 30.3 Å². The number of aromatic nitrogens is 1. The van der Waals surface area contributed by atoms with E-state index in [0.29, 0.717) is 11.8 Å². The van der Waals surface area contributed by atoms with E-state index >= 15 is 0 Å². The molecule has 2 unspecified atom stereocenters. The molecule has 2 aliphatic heterocycles. The molecule has 1 saturated heterocycles. The van der Waals surface area contributed by atoms with Crippen molar-refractivity contribution in [3.05, 3.63) is 52.4 Å². The summed E-state index contributed by atoms with van der Waals surface area (Å²) in [4.78, 5) is 13.0. The normalized spacial score (nSPS) is 23.0. The smallest absolute Gasteiger partial charge is 0.258 e. The van der Waals surface area contributed by atoms with Crippen molar-refractivity contribution in [1.29, 1.82) is 0 Å². The summed E-state index contributed by atoms with van der Waals surface area (Å²) in [5, 5.41) is 3.48. The summed E-state index contributed by atoms with van der Waals surface area (Å²) < 4.78 is 7.40. The second-order valence-electron chi connectivity index (χ2n) is 6.24. The number of nitrogens with zero attached hydrogens (tertiary/aromatic N) is 1. The van der Waals surface area contributed by atoms with Gasteiger partial charge in [-0.15, -0.1) is 0 Å². The fraction of sp³-hybridized carbons (Fsp3) is 0.389. The lowest BCUT2D eigenvalue weighted by Crippen LogP contribution is -2.45. The van der Waals surface area contributed by atoms with Crippen molar-refractivity contribution in [3.63, 3.8) is 0 Å².